The molecule has 0 amide bonds. The van der Waals surface area contributed by atoms with Crippen molar-refractivity contribution in [3.63, 3.8) is 0 Å². The van der Waals surface area contributed by atoms with E-state index in [1.54, 1.807) is 15.9 Å². The molecule has 1 unspecified atom stereocenters. The number of nitrogens with zero attached hydrogens (tertiary/aromatic N) is 4. The van der Waals surface area contributed by atoms with Gasteiger partial charge in [-0.25, -0.2) is 0 Å². The third-order valence-electron chi connectivity index (χ3n) is 3.17. The molecule has 0 aliphatic rings. The second kappa shape index (κ2) is 4.62. The number of rotatable bonds is 3. The highest BCUT2D eigenvalue weighted by atomic mass is 32.1. The Kier molecular flexibility index (Phi) is 2.94. The summed E-state index contributed by atoms with van der Waals surface area (Å²) in [5.74, 6) is 1.24. The van der Waals surface area contributed by atoms with E-state index in [2.05, 4.69) is 34.4 Å². The third kappa shape index (κ3) is 2.31. The Labute approximate surface area is 115 Å². The lowest BCUT2D eigenvalue weighted by molar-refractivity contribution is 0.732. The predicted molar refractivity (Wildman–Crippen MR) is 76.4 cm³/mol. The fraction of sp³-hybridized carbons (Fsp3) is 0.308. The van der Waals surface area contributed by atoms with E-state index < -0.39 is 0 Å². The lowest BCUT2D eigenvalue weighted by Gasteiger charge is -2.09. The largest absolute Gasteiger partial charge is 0.399 e. The lowest BCUT2D eigenvalue weighted by Crippen LogP contribution is -2.00. The minimum Gasteiger partial charge on any atom is -0.399 e. The molecule has 2 aromatic heterocycles. The maximum Gasteiger partial charge on any atom is 0.234 e. The van der Waals surface area contributed by atoms with Gasteiger partial charge in [0.05, 0.1) is 0 Å². The minimum atomic E-state index is 0.407. The van der Waals surface area contributed by atoms with Gasteiger partial charge in [0.2, 0.25) is 4.96 Å². The maximum absolute atomic E-state index is 5.70. The van der Waals surface area contributed by atoms with Crippen LogP contribution in [0.5, 0.6) is 0 Å². The Morgan fingerprint density at radius 1 is 1.26 bits per heavy atom. The molecule has 98 valence electrons. The van der Waals surface area contributed by atoms with Gasteiger partial charge in [0.25, 0.3) is 0 Å². The molecule has 1 aromatic carbocycles. The van der Waals surface area contributed by atoms with Crippen LogP contribution < -0.4 is 5.73 Å². The molecule has 0 aliphatic carbocycles. The number of hydrogen-bond acceptors (Lipinski definition) is 5. The summed E-state index contributed by atoms with van der Waals surface area (Å²) in [5.41, 5.74) is 7.78. The summed E-state index contributed by atoms with van der Waals surface area (Å²) < 4.78 is 1.80. The zero-order valence-corrected chi connectivity index (χ0v) is 11.7. The highest BCUT2D eigenvalue weighted by Gasteiger charge is 2.13. The van der Waals surface area contributed by atoms with E-state index in [1.807, 2.05) is 19.1 Å². The van der Waals surface area contributed by atoms with Gasteiger partial charge in [-0.15, -0.1) is 10.2 Å². The number of nitrogens with two attached hydrogens (primary N) is 1. The molecule has 0 fully saturated rings. The van der Waals surface area contributed by atoms with Gasteiger partial charge < -0.3 is 5.73 Å². The molecule has 6 heteroatoms. The summed E-state index contributed by atoms with van der Waals surface area (Å²) in [7, 11) is 0. The average Bonchev–Trinajstić information content (AvgIpc) is 2.93. The Balaban J connectivity index is 1.81. The van der Waals surface area contributed by atoms with E-state index in [-0.39, 0.29) is 0 Å². The molecule has 2 N–H and O–H groups in total. The molecule has 0 saturated carbocycles. The van der Waals surface area contributed by atoms with Crippen molar-refractivity contribution in [1.29, 1.82) is 0 Å². The molecule has 0 radical (unpaired) electrons. The van der Waals surface area contributed by atoms with Crippen molar-refractivity contribution in [2.75, 3.05) is 5.73 Å². The van der Waals surface area contributed by atoms with Crippen LogP contribution in [-0.4, -0.2) is 19.8 Å². The summed E-state index contributed by atoms with van der Waals surface area (Å²) >= 11 is 1.60. The second-order valence-electron chi connectivity index (χ2n) is 4.71. The van der Waals surface area contributed by atoms with Crippen LogP contribution in [-0.2, 0) is 6.42 Å². The van der Waals surface area contributed by atoms with Gasteiger partial charge in [-0.2, -0.15) is 9.61 Å². The van der Waals surface area contributed by atoms with Crippen LogP contribution in [0.3, 0.4) is 0 Å². The average molecular weight is 273 g/mol. The monoisotopic (exact) mass is 273 g/mol. The first kappa shape index (κ1) is 12.1. The van der Waals surface area contributed by atoms with Gasteiger partial charge in [-0.3, -0.25) is 0 Å². The van der Waals surface area contributed by atoms with E-state index in [0.29, 0.717) is 5.92 Å². The Bertz CT molecular complexity index is 697. The smallest absolute Gasteiger partial charge is 0.234 e. The summed E-state index contributed by atoms with van der Waals surface area (Å²) in [6, 6.07) is 8.03. The van der Waals surface area contributed by atoms with Crippen molar-refractivity contribution in [2.24, 2.45) is 0 Å². The van der Waals surface area contributed by atoms with Gasteiger partial charge in [0, 0.05) is 12.1 Å². The van der Waals surface area contributed by atoms with Crippen LogP contribution in [0.25, 0.3) is 4.96 Å². The van der Waals surface area contributed by atoms with Crippen molar-refractivity contribution in [3.05, 3.63) is 40.7 Å². The molecule has 0 spiro atoms. The van der Waals surface area contributed by atoms with Crippen LogP contribution in [0.4, 0.5) is 5.69 Å². The van der Waals surface area contributed by atoms with E-state index in [0.717, 1.165) is 27.9 Å². The molecule has 5 nitrogen and oxygen atoms in total. The molecule has 0 aliphatic heterocycles. The molecule has 2 heterocycles. The van der Waals surface area contributed by atoms with E-state index in [1.165, 1.54) is 5.56 Å². The number of nitrogen functional groups attached to an aromatic ring is 1. The number of aromatic nitrogens is 4. The van der Waals surface area contributed by atoms with E-state index in [9.17, 15) is 0 Å². The zero-order chi connectivity index (χ0) is 13.4. The van der Waals surface area contributed by atoms with Crippen LogP contribution >= 0.6 is 11.3 Å². The minimum absolute atomic E-state index is 0.407. The van der Waals surface area contributed by atoms with Gasteiger partial charge in [0.1, 0.15) is 5.01 Å². The zero-order valence-electron chi connectivity index (χ0n) is 10.9. The lowest BCUT2D eigenvalue weighted by atomic mass is 9.98. The number of anilines is 1. The van der Waals surface area contributed by atoms with Crippen LogP contribution in [0.2, 0.25) is 0 Å². The van der Waals surface area contributed by atoms with Crippen molar-refractivity contribution in [3.8, 4) is 0 Å². The maximum atomic E-state index is 5.70. The summed E-state index contributed by atoms with van der Waals surface area (Å²) in [4.78, 5) is 0.858. The third-order valence-corrected chi connectivity index (χ3v) is 4.10. The molecular weight excluding hydrogens is 258 g/mol. The SMILES string of the molecule is Cc1nnc2sc(CC(C)c3ccc(N)cc3)nn12. The molecular formula is C13H15N5S. The van der Waals surface area contributed by atoms with Gasteiger partial charge in [0.15, 0.2) is 5.82 Å². The fourth-order valence-electron chi connectivity index (χ4n) is 2.04. The van der Waals surface area contributed by atoms with Gasteiger partial charge in [-0.05, 0) is 30.5 Å². The molecule has 0 saturated heterocycles. The van der Waals surface area contributed by atoms with Gasteiger partial charge >= 0.3 is 0 Å². The van der Waals surface area contributed by atoms with Crippen LogP contribution in [0.15, 0.2) is 24.3 Å². The molecule has 0 bridgehead atoms. The van der Waals surface area contributed by atoms with Crippen molar-refractivity contribution < 1.29 is 0 Å². The first-order valence-electron chi connectivity index (χ1n) is 6.16. The normalized spacial score (nSPS) is 12.9. The highest BCUT2D eigenvalue weighted by Crippen LogP contribution is 2.24. The standard InChI is InChI=1S/C13H15N5S/c1-8(10-3-5-11(14)6-4-10)7-12-17-18-9(2)15-16-13(18)19-12/h3-6,8H,7,14H2,1-2H3. The molecule has 1 atom stereocenters. The number of hydrogen-bond donors (Lipinski definition) is 1. The molecule has 19 heavy (non-hydrogen) atoms. The topological polar surface area (TPSA) is 69.1 Å². The first-order chi connectivity index (χ1) is 9.13. The number of aryl methyl sites for hydroxylation is 1. The highest BCUT2D eigenvalue weighted by molar-refractivity contribution is 7.16. The quantitative estimate of drug-likeness (QED) is 0.744. The van der Waals surface area contributed by atoms with E-state index >= 15 is 0 Å². The van der Waals surface area contributed by atoms with Crippen molar-refractivity contribution in [2.45, 2.75) is 26.2 Å². The summed E-state index contributed by atoms with van der Waals surface area (Å²) in [6.07, 6.45) is 0.900. The number of fused-ring (bicyclic) bond motifs is 1. The Hall–Kier alpha value is -1.95. The van der Waals surface area contributed by atoms with E-state index in [4.69, 9.17) is 5.73 Å². The summed E-state index contributed by atoms with van der Waals surface area (Å²) in [5, 5.41) is 13.7. The predicted octanol–water partition coefficient (Wildman–Crippen LogP) is 2.42. The van der Waals surface area contributed by atoms with Crippen LogP contribution in [0, 0.1) is 6.92 Å². The molecule has 3 rings (SSSR count). The Morgan fingerprint density at radius 3 is 2.68 bits per heavy atom. The van der Waals surface area contributed by atoms with Gasteiger partial charge in [-0.1, -0.05) is 30.4 Å². The second-order valence-corrected chi connectivity index (χ2v) is 5.75. The van der Waals surface area contributed by atoms with Crippen molar-refractivity contribution in [1.82, 2.24) is 19.8 Å². The summed E-state index contributed by atoms with van der Waals surface area (Å²) in [6.45, 7) is 4.10. The van der Waals surface area contributed by atoms with Crippen LogP contribution in [0.1, 0.15) is 29.2 Å². The fourth-order valence-corrected chi connectivity index (χ4v) is 3.05. The van der Waals surface area contributed by atoms with Crippen molar-refractivity contribution >= 4 is 22.0 Å². The molecule has 3 aromatic rings. The first-order valence-corrected chi connectivity index (χ1v) is 6.98. The Morgan fingerprint density at radius 2 is 2.00 bits per heavy atom. The number of benzene rings is 1.